The van der Waals surface area contributed by atoms with Crippen molar-refractivity contribution < 1.29 is 43.6 Å². The van der Waals surface area contributed by atoms with Gasteiger partial charge in [0.15, 0.2) is 0 Å². The lowest BCUT2D eigenvalue weighted by Gasteiger charge is -2.26. The van der Waals surface area contributed by atoms with E-state index in [1.807, 2.05) is 6.92 Å². The Balaban J connectivity index is 1.56. The van der Waals surface area contributed by atoms with Crippen molar-refractivity contribution in [1.29, 1.82) is 0 Å². The summed E-state index contributed by atoms with van der Waals surface area (Å²) in [5.41, 5.74) is 2.59. The fraction of sp³-hybridized carbons (Fsp3) is 0.714. The smallest absolute Gasteiger partial charge is 0.407 e. The first-order valence-electron chi connectivity index (χ1n) is 20.0. The van der Waals surface area contributed by atoms with Gasteiger partial charge in [-0.25, -0.2) is 19.2 Å². The maximum absolute atomic E-state index is 12.4. The normalized spacial score (nSPS) is 26.0. The van der Waals surface area contributed by atoms with Gasteiger partial charge in [-0.3, -0.25) is 0 Å². The second-order valence-electron chi connectivity index (χ2n) is 15.2. The van der Waals surface area contributed by atoms with Crippen LogP contribution in [0, 0.1) is 23.7 Å². The zero-order chi connectivity index (χ0) is 39.9. The number of methoxy groups -OCH3 is 1. The van der Waals surface area contributed by atoms with Crippen LogP contribution in [0.25, 0.3) is 0 Å². The second-order valence-corrected chi connectivity index (χ2v) is 15.9. The Morgan fingerprint density at radius 2 is 1.20 bits per heavy atom. The largest absolute Gasteiger partial charge is 0.478 e. The number of aliphatic hydroxyl groups is 1. The maximum atomic E-state index is 12.4. The monoisotopic (exact) mass is 776 g/mol. The lowest BCUT2D eigenvalue weighted by molar-refractivity contribution is -0.137. The lowest BCUT2D eigenvalue weighted by Crippen LogP contribution is -2.27. The van der Waals surface area contributed by atoms with Crippen LogP contribution < -0.4 is 10.6 Å². The van der Waals surface area contributed by atoms with Gasteiger partial charge in [0, 0.05) is 29.5 Å². The molecule has 2 amide bonds. The van der Waals surface area contributed by atoms with E-state index in [0.29, 0.717) is 63.1 Å². The number of alkyl carbamates (subject to hydrolysis) is 2. The van der Waals surface area contributed by atoms with Crippen molar-refractivity contribution in [2.45, 2.75) is 134 Å². The molecular formula is C42H68N2O9S. The van der Waals surface area contributed by atoms with Gasteiger partial charge in [0.1, 0.15) is 13.2 Å². The Morgan fingerprint density at radius 3 is 1.69 bits per heavy atom. The summed E-state index contributed by atoms with van der Waals surface area (Å²) >= 11 is 4.73. The summed E-state index contributed by atoms with van der Waals surface area (Å²) in [6, 6.07) is 0. The summed E-state index contributed by atoms with van der Waals surface area (Å²) in [6.45, 7) is 13.3. The number of unbranched alkanes of at least 4 members (excludes halogenated alkanes) is 6. The quantitative estimate of drug-likeness (QED) is 0.0230. The Morgan fingerprint density at radius 1 is 0.741 bits per heavy atom. The molecule has 0 aromatic rings. The van der Waals surface area contributed by atoms with Gasteiger partial charge in [0.25, 0.3) is 0 Å². The average Bonchev–Trinajstić information content (AvgIpc) is 3.15. The van der Waals surface area contributed by atoms with Crippen LogP contribution in [0.3, 0.4) is 0 Å². The Bertz CT molecular complexity index is 1280. The van der Waals surface area contributed by atoms with Gasteiger partial charge >= 0.3 is 24.1 Å². The van der Waals surface area contributed by atoms with Crippen LogP contribution in [0.5, 0.6) is 0 Å². The molecule has 0 saturated heterocycles. The highest BCUT2D eigenvalue weighted by molar-refractivity contribution is 7.81. The van der Waals surface area contributed by atoms with Crippen molar-refractivity contribution in [3.05, 3.63) is 47.6 Å². The summed E-state index contributed by atoms with van der Waals surface area (Å²) in [5.74, 6) is -1.39. The fourth-order valence-electron chi connectivity index (χ4n) is 6.99. The van der Waals surface area contributed by atoms with E-state index in [1.165, 1.54) is 7.11 Å². The first kappa shape index (κ1) is 46.9. The highest BCUT2D eigenvalue weighted by Gasteiger charge is 2.27. The molecule has 2 aliphatic rings. The summed E-state index contributed by atoms with van der Waals surface area (Å²) in [7, 11) is 1.33. The molecule has 0 fully saturated rings. The number of rotatable bonds is 18. The van der Waals surface area contributed by atoms with Crippen LogP contribution in [0.2, 0.25) is 0 Å². The van der Waals surface area contributed by atoms with Crippen molar-refractivity contribution in [3.8, 4) is 0 Å². The Kier molecular flexibility index (Phi) is 23.0. The molecule has 12 heteroatoms. The standard InChI is InChI=1S/C42H68N2O9S/c1-29-15-13-17-33(19-21-35(25-37(29)45)32(4)40(48)51-5)27-52-41(49)43-23-11-9-7-6-8-10-12-24-44-42(50)53-28-34-18-14-16-30(2)38(54)26-36(22-20-34)31(3)39(46)47/h17-18,29-30,35-38,45,54H,3-4,6-16,19-28H2,1-2,5H3,(H,43,49)(H,44,50)(H,46,47)/b33-17+,34-18+. The van der Waals surface area contributed by atoms with E-state index in [4.69, 9.17) is 26.8 Å². The number of aliphatic carboxylic acids is 1. The molecule has 6 atom stereocenters. The summed E-state index contributed by atoms with van der Waals surface area (Å²) in [5, 5.41) is 25.9. The number of carboxylic acids is 1. The van der Waals surface area contributed by atoms with E-state index in [-0.39, 0.29) is 41.8 Å². The number of hydrogen-bond acceptors (Lipinski definition) is 9. The first-order chi connectivity index (χ1) is 25.8. The number of ether oxygens (including phenoxy) is 3. The minimum atomic E-state index is -0.971. The molecule has 0 aliphatic heterocycles. The SMILES string of the molecule is C=C(C(=O)O)C1CC/C(COC(=O)NCCCCCCCCCNC(=O)OC/C2=C/CCC(C)C(O)CC(C(=C)C(=O)OC)CC2)=C\CCC(C)C(S)C1. The number of carbonyl (C=O) groups excluding carboxylic acids is 3. The third kappa shape index (κ3) is 18.9. The highest BCUT2D eigenvalue weighted by atomic mass is 32.1. The lowest BCUT2D eigenvalue weighted by atomic mass is 9.82. The molecule has 6 unspecified atom stereocenters. The molecule has 0 radical (unpaired) electrons. The Hall–Kier alpha value is -3.25. The number of nitrogens with one attached hydrogen (secondary N) is 2. The molecule has 2 rings (SSSR count). The van der Waals surface area contributed by atoms with Gasteiger partial charge in [0.05, 0.1) is 13.2 Å². The molecule has 54 heavy (non-hydrogen) atoms. The zero-order valence-electron chi connectivity index (χ0n) is 33.1. The third-order valence-electron chi connectivity index (χ3n) is 11.0. The zero-order valence-corrected chi connectivity index (χ0v) is 34.0. The van der Waals surface area contributed by atoms with Gasteiger partial charge in [0.2, 0.25) is 0 Å². The van der Waals surface area contributed by atoms with Gasteiger partial charge in [-0.15, -0.1) is 0 Å². The molecule has 0 spiro atoms. The van der Waals surface area contributed by atoms with E-state index in [1.54, 1.807) is 0 Å². The molecule has 306 valence electrons. The van der Waals surface area contributed by atoms with Crippen LogP contribution in [0.1, 0.15) is 123 Å². The summed E-state index contributed by atoms with van der Waals surface area (Å²) in [6.07, 6.45) is 16.8. The third-order valence-corrected chi connectivity index (χ3v) is 11.7. The minimum Gasteiger partial charge on any atom is -0.478 e. The second kappa shape index (κ2) is 26.5. The number of carbonyl (C=O) groups is 4. The van der Waals surface area contributed by atoms with Crippen LogP contribution in [0.4, 0.5) is 9.59 Å². The van der Waals surface area contributed by atoms with Crippen molar-refractivity contribution in [2.24, 2.45) is 23.7 Å². The summed E-state index contributed by atoms with van der Waals surface area (Å²) in [4.78, 5) is 48.4. The number of esters is 1. The van der Waals surface area contributed by atoms with Crippen molar-refractivity contribution in [3.63, 3.8) is 0 Å². The van der Waals surface area contributed by atoms with Gasteiger partial charge in [-0.05, 0) is 112 Å². The number of amides is 2. The predicted octanol–water partition coefficient (Wildman–Crippen LogP) is 8.48. The average molecular weight is 777 g/mol. The molecule has 0 aromatic carbocycles. The topological polar surface area (TPSA) is 160 Å². The molecule has 11 nitrogen and oxygen atoms in total. The first-order valence-corrected chi connectivity index (χ1v) is 20.6. The molecule has 0 saturated carbocycles. The number of hydrogen-bond donors (Lipinski definition) is 5. The minimum absolute atomic E-state index is 0.0734. The summed E-state index contributed by atoms with van der Waals surface area (Å²) < 4.78 is 15.9. The van der Waals surface area contributed by atoms with Gasteiger partial charge < -0.3 is 35.1 Å². The van der Waals surface area contributed by atoms with Crippen molar-refractivity contribution in [2.75, 3.05) is 33.4 Å². The fourth-order valence-corrected chi connectivity index (χ4v) is 7.40. The van der Waals surface area contributed by atoms with E-state index in [0.717, 1.165) is 81.8 Å². The van der Waals surface area contributed by atoms with Crippen LogP contribution in [-0.2, 0) is 23.8 Å². The number of thiol groups is 1. The van der Waals surface area contributed by atoms with Crippen molar-refractivity contribution in [1.82, 2.24) is 10.6 Å². The highest BCUT2D eigenvalue weighted by Crippen LogP contribution is 2.32. The molecule has 0 bridgehead atoms. The predicted molar refractivity (Wildman–Crippen MR) is 215 cm³/mol. The van der Waals surface area contributed by atoms with E-state index < -0.39 is 30.2 Å². The van der Waals surface area contributed by atoms with E-state index in [9.17, 15) is 29.4 Å². The number of aliphatic hydroxyl groups excluding tert-OH is 1. The molecule has 4 N–H and O–H groups in total. The molecule has 0 aromatic heterocycles. The van der Waals surface area contributed by atoms with E-state index in [2.05, 4.69) is 42.9 Å². The number of carboxylic acid groups (broad SMARTS) is 1. The molecule has 2 aliphatic carbocycles. The maximum Gasteiger partial charge on any atom is 0.407 e. The molecule has 0 heterocycles. The van der Waals surface area contributed by atoms with Gasteiger partial charge in [-0.2, -0.15) is 12.6 Å². The van der Waals surface area contributed by atoms with Crippen LogP contribution >= 0.6 is 12.6 Å². The number of allylic oxidation sites excluding steroid dienone is 2. The molecular weight excluding hydrogens is 709 g/mol. The van der Waals surface area contributed by atoms with E-state index >= 15 is 0 Å². The van der Waals surface area contributed by atoms with Crippen LogP contribution in [-0.4, -0.2) is 79.1 Å². The van der Waals surface area contributed by atoms with Crippen LogP contribution in [0.15, 0.2) is 47.6 Å². The van der Waals surface area contributed by atoms with Crippen molar-refractivity contribution >= 4 is 36.8 Å². The van der Waals surface area contributed by atoms with Gasteiger partial charge in [-0.1, -0.05) is 71.3 Å². The Labute approximate surface area is 329 Å².